The summed E-state index contributed by atoms with van der Waals surface area (Å²) in [5.41, 5.74) is 1.45. The molecule has 1 aliphatic rings. The van der Waals surface area contributed by atoms with Crippen LogP contribution in [0.1, 0.15) is 43.6 Å². The van der Waals surface area contributed by atoms with Gasteiger partial charge in [0.1, 0.15) is 6.10 Å². The van der Waals surface area contributed by atoms with E-state index in [4.69, 9.17) is 4.74 Å². The summed E-state index contributed by atoms with van der Waals surface area (Å²) in [4.78, 5) is 27.8. The second-order valence-electron chi connectivity index (χ2n) is 10.2. The van der Waals surface area contributed by atoms with E-state index in [9.17, 15) is 23.1 Å². The van der Waals surface area contributed by atoms with Crippen LogP contribution in [-0.4, -0.2) is 79.6 Å². The number of ether oxygens (including phenoxy) is 1. The zero-order valence-electron chi connectivity index (χ0n) is 22.8. The summed E-state index contributed by atoms with van der Waals surface area (Å²) in [6.45, 7) is 9.15. The van der Waals surface area contributed by atoms with Gasteiger partial charge in [0.15, 0.2) is 5.75 Å². The number of benzene rings is 2. The highest BCUT2D eigenvalue weighted by Crippen LogP contribution is 2.35. The number of carbonyl (C=O) groups is 2. The van der Waals surface area contributed by atoms with E-state index in [0.717, 1.165) is 5.56 Å². The molecule has 3 amide bonds. The van der Waals surface area contributed by atoms with Crippen LogP contribution in [-0.2, 0) is 10.0 Å². The molecule has 3 rings (SSSR count). The summed E-state index contributed by atoms with van der Waals surface area (Å²) in [7, 11) is -2.32. The number of anilines is 1. The third-order valence-electron chi connectivity index (χ3n) is 6.53. The number of aryl methyl sites for hydroxylation is 1. The minimum absolute atomic E-state index is 0.00111. The number of hydrogen-bond acceptors (Lipinski definition) is 6. The molecular weight excluding hydrogens is 508 g/mol. The number of urea groups is 1. The van der Waals surface area contributed by atoms with Crippen LogP contribution >= 0.6 is 0 Å². The van der Waals surface area contributed by atoms with E-state index in [1.54, 1.807) is 54.3 Å². The highest BCUT2D eigenvalue weighted by molar-refractivity contribution is 7.89. The lowest BCUT2D eigenvalue weighted by atomic mass is 9.99. The standard InChI is InChI=1S/C27H38N4O6S/c1-17(2)28-27(34)29-23-9-7-8-22-25(23)37-24(19(4)14-31(26(22)33)20(5)16-32)15-30(6)38(35,36)21-12-10-18(3)11-13-21/h7-13,17,19-20,24,32H,14-16H2,1-6H3,(H2,28,29,34)/t19-,20-,24-/m1/s1. The number of aliphatic hydroxyl groups excluding tert-OH is 1. The van der Waals surface area contributed by atoms with E-state index in [2.05, 4.69) is 10.6 Å². The lowest BCUT2D eigenvalue weighted by Gasteiger charge is -2.38. The van der Waals surface area contributed by atoms with Crippen LogP contribution in [0, 0.1) is 12.8 Å². The van der Waals surface area contributed by atoms with Gasteiger partial charge in [0.2, 0.25) is 10.0 Å². The number of nitrogens with zero attached hydrogens (tertiary/aromatic N) is 2. The largest absolute Gasteiger partial charge is 0.486 e. The molecule has 3 N–H and O–H groups in total. The number of hydrogen-bond donors (Lipinski definition) is 3. The Bertz CT molecular complexity index is 1250. The van der Waals surface area contributed by atoms with Crippen LogP contribution in [0.2, 0.25) is 0 Å². The summed E-state index contributed by atoms with van der Waals surface area (Å²) in [5.74, 6) is -0.501. The van der Waals surface area contributed by atoms with Gasteiger partial charge in [-0.05, 0) is 52.0 Å². The smallest absolute Gasteiger partial charge is 0.319 e. The molecule has 3 atom stereocenters. The third-order valence-corrected chi connectivity index (χ3v) is 8.36. The zero-order valence-corrected chi connectivity index (χ0v) is 23.6. The predicted octanol–water partition coefficient (Wildman–Crippen LogP) is 3.07. The number of nitrogens with one attached hydrogen (secondary N) is 2. The Hall–Kier alpha value is -3.15. The molecule has 0 aromatic heterocycles. The summed E-state index contributed by atoms with van der Waals surface area (Å²) in [6.07, 6.45) is -0.670. The molecule has 0 radical (unpaired) electrons. The Morgan fingerprint density at radius 2 is 1.84 bits per heavy atom. The average Bonchev–Trinajstić information content (AvgIpc) is 2.85. The fourth-order valence-electron chi connectivity index (χ4n) is 4.22. The molecule has 38 heavy (non-hydrogen) atoms. The van der Waals surface area contributed by atoms with Crippen molar-refractivity contribution in [2.75, 3.05) is 32.1 Å². The van der Waals surface area contributed by atoms with Crippen molar-refractivity contribution in [2.24, 2.45) is 5.92 Å². The lowest BCUT2D eigenvalue weighted by molar-refractivity contribution is 0.0389. The van der Waals surface area contributed by atoms with Crippen molar-refractivity contribution >= 4 is 27.6 Å². The maximum Gasteiger partial charge on any atom is 0.319 e. The van der Waals surface area contributed by atoms with Crippen molar-refractivity contribution in [3.05, 3.63) is 53.6 Å². The quantitative estimate of drug-likeness (QED) is 0.467. The lowest BCUT2D eigenvalue weighted by Crippen LogP contribution is -2.50. The summed E-state index contributed by atoms with van der Waals surface area (Å²) in [6, 6.07) is 10.4. The van der Waals surface area contributed by atoms with E-state index >= 15 is 0 Å². The van der Waals surface area contributed by atoms with E-state index in [1.165, 1.54) is 11.4 Å². The molecule has 11 heteroatoms. The van der Waals surface area contributed by atoms with E-state index in [-0.39, 0.29) is 59.5 Å². The first-order valence-corrected chi connectivity index (χ1v) is 14.1. The number of likely N-dealkylation sites (N-methyl/N-ethyl adjacent to an activating group) is 1. The van der Waals surface area contributed by atoms with Crippen LogP contribution in [0.5, 0.6) is 5.75 Å². The van der Waals surface area contributed by atoms with Crippen molar-refractivity contribution in [1.82, 2.24) is 14.5 Å². The number of amides is 3. The second-order valence-corrected chi connectivity index (χ2v) is 12.2. The molecule has 2 aromatic carbocycles. The minimum atomic E-state index is -3.81. The van der Waals surface area contributed by atoms with E-state index < -0.39 is 28.2 Å². The van der Waals surface area contributed by atoms with Gasteiger partial charge >= 0.3 is 6.03 Å². The van der Waals surface area contributed by atoms with E-state index in [0.29, 0.717) is 0 Å². The summed E-state index contributed by atoms with van der Waals surface area (Å²) >= 11 is 0. The van der Waals surface area contributed by atoms with Gasteiger partial charge in [0.05, 0.1) is 35.3 Å². The summed E-state index contributed by atoms with van der Waals surface area (Å²) < 4.78 is 34.3. The van der Waals surface area contributed by atoms with Gasteiger partial charge in [0, 0.05) is 25.6 Å². The van der Waals surface area contributed by atoms with Gasteiger partial charge in [-0.15, -0.1) is 0 Å². The normalized spacial score (nSPS) is 18.9. The van der Waals surface area contributed by atoms with Gasteiger partial charge < -0.3 is 25.4 Å². The molecule has 0 fully saturated rings. The molecule has 1 heterocycles. The molecule has 0 saturated carbocycles. The fraction of sp³-hybridized carbons (Fsp3) is 0.481. The molecule has 208 valence electrons. The topological polar surface area (TPSA) is 128 Å². The highest BCUT2D eigenvalue weighted by Gasteiger charge is 2.36. The van der Waals surface area contributed by atoms with Crippen molar-refractivity contribution < 1.29 is 27.9 Å². The molecule has 2 aromatic rings. The maximum absolute atomic E-state index is 13.6. The number of rotatable bonds is 8. The second kappa shape index (κ2) is 12.1. The number of aliphatic hydroxyl groups is 1. The van der Waals surface area contributed by atoms with Gasteiger partial charge in [-0.2, -0.15) is 4.31 Å². The van der Waals surface area contributed by atoms with Crippen molar-refractivity contribution in [3.63, 3.8) is 0 Å². The molecule has 0 spiro atoms. The molecule has 0 aliphatic carbocycles. The number of sulfonamides is 1. The van der Waals surface area contributed by atoms with Crippen LogP contribution in [0.15, 0.2) is 47.4 Å². The number of para-hydroxylation sites is 1. The molecule has 0 saturated heterocycles. The average molecular weight is 547 g/mol. The Morgan fingerprint density at radius 1 is 1.18 bits per heavy atom. The van der Waals surface area contributed by atoms with Gasteiger partial charge in [-0.1, -0.05) is 30.7 Å². The minimum Gasteiger partial charge on any atom is -0.486 e. The fourth-order valence-corrected chi connectivity index (χ4v) is 5.41. The zero-order chi connectivity index (χ0) is 28.2. The molecular formula is C27H38N4O6S. The monoisotopic (exact) mass is 546 g/mol. The molecule has 0 unspecified atom stereocenters. The first-order chi connectivity index (χ1) is 17.8. The van der Waals surface area contributed by atoms with E-state index in [1.807, 2.05) is 27.7 Å². The Kier molecular flexibility index (Phi) is 9.40. The van der Waals surface area contributed by atoms with Gasteiger partial charge in [-0.3, -0.25) is 4.79 Å². The van der Waals surface area contributed by atoms with Crippen molar-refractivity contribution in [2.45, 2.75) is 57.7 Å². The molecule has 1 aliphatic heterocycles. The van der Waals surface area contributed by atoms with Crippen LogP contribution in [0.4, 0.5) is 10.5 Å². The Labute approximate surface area is 225 Å². The van der Waals surface area contributed by atoms with Gasteiger partial charge in [0.25, 0.3) is 5.91 Å². The van der Waals surface area contributed by atoms with Crippen LogP contribution < -0.4 is 15.4 Å². The Balaban J connectivity index is 2.02. The highest BCUT2D eigenvalue weighted by atomic mass is 32.2. The Morgan fingerprint density at radius 3 is 2.45 bits per heavy atom. The first-order valence-electron chi connectivity index (χ1n) is 12.7. The van der Waals surface area contributed by atoms with Gasteiger partial charge in [-0.25, -0.2) is 13.2 Å². The first kappa shape index (κ1) is 29.4. The number of fused-ring (bicyclic) bond motifs is 1. The molecule has 0 bridgehead atoms. The molecule has 10 nitrogen and oxygen atoms in total. The SMILES string of the molecule is Cc1ccc(S(=O)(=O)N(C)C[C@H]2Oc3c(NC(=O)NC(C)C)cccc3C(=O)N([C@H](C)CO)C[C@H]2C)cc1. The maximum atomic E-state index is 13.6. The van der Waals surface area contributed by atoms with Crippen LogP contribution in [0.3, 0.4) is 0 Å². The number of carbonyl (C=O) groups excluding carboxylic acids is 2. The summed E-state index contributed by atoms with van der Waals surface area (Å²) in [5, 5.41) is 15.3. The van der Waals surface area contributed by atoms with Crippen LogP contribution in [0.25, 0.3) is 0 Å². The van der Waals surface area contributed by atoms with Crippen molar-refractivity contribution in [3.8, 4) is 5.75 Å². The van der Waals surface area contributed by atoms with Crippen molar-refractivity contribution in [1.29, 1.82) is 0 Å². The predicted molar refractivity (Wildman–Crippen MR) is 146 cm³/mol. The third kappa shape index (κ3) is 6.64.